The van der Waals surface area contributed by atoms with Gasteiger partial charge in [0.1, 0.15) is 0 Å². The molecule has 1 aliphatic rings. The molecule has 33 heavy (non-hydrogen) atoms. The molecule has 0 aliphatic carbocycles. The number of carbonyl (C=O) groups is 1. The summed E-state index contributed by atoms with van der Waals surface area (Å²) >= 11 is 0. The maximum atomic E-state index is 13.9. The van der Waals surface area contributed by atoms with Gasteiger partial charge in [0.15, 0.2) is 0 Å². The Labute approximate surface area is 189 Å². The molecule has 1 amide bonds. The smallest absolute Gasteiger partial charge is 0.325 e. The summed E-state index contributed by atoms with van der Waals surface area (Å²) in [4.78, 5) is 13.1. The van der Waals surface area contributed by atoms with Gasteiger partial charge in [-0.2, -0.15) is 13.2 Å². The van der Waals surface area contributed by atoms with Crippen LogP contribution in [0.1, 0.15) is 35.2 Å². The molecular weight excluding hydrogens is 453 g/mol. The highest BCUT2D eigenvalue weighted by atomic mass is 32.2. The first-order chi connectivity index (χ1) is 15.4. The van der Waals surface area contributed by atoms with Crippen molar-refractivity contribution in [3.05, 3.63) is 95.1 Å². The minimum absolute atomic E-state index is 0.113. The topological polar surface area (TPSA) is 75.3 Å². The van der Waals surface area contributed by atoms with E-state index in [0.717, 1.165) is 11.6 Å². The van der Waals surface area contributed by atoms with Crippen molar-refractivity contribution >= 4 is 21.6 Å². The molecule has 2 N–H and O–H groups in total. The molecule has 3 aromatic rings. The van der Waals surface area contributed by atoms with Gasteiger partial charge in [-0.15, -0.1) is 0 Å². The lowest BCUT2D eigenvalue weighted by Crippen LogP contribution is -2.47. The number of alkyl halides is 3. The number of sulfonamides is 1. The molecule has 0 radical (unpaired) electrons. The zero-order valence-electron chi connectivity index (χ0n) is 17.8. The minimum Gasteiger partial charge on any atom is -0.325 e. The van der Waals surface area contributed by atoms with Crippen LogP contribution in [-0.4, -0.2) is 14.3 Å². The second kappa shape index (κ2) is 8.00. The number of hydrogen-bond acceptors (Lipinski definition) is 3. The first-order valence-corrected chi connectivity index (χ1v) is 11.6. The molecular formula is C24H21F3N2O3S. The van der Waals surface area contributed by atoms with Crippen molar-refractivity contribution in [3.8, 4) is 0 Å². The predicted octanol–water partition coefficient (Wildman–Crippen LogP) is 4.94. The number of halogens is 3. The number of benzene rings is 3. The third-order valence-corrected chi connectivity index (χ3v) is 7.40. The average Bonchev–Trinajstić information content (AvgIpc) is 3.03. The van der Waals surface area contributed by atoms with Gasteiger partial charge in [-0.25, -0.2) is 13.1 Å². The number of fused-ring (bicyclic) bond motifs is 1. The number of hydrogen-bond donors (Lipinski definition) is 2. The third-order valence-electron chi connectivity index (χ3n) is 5.97. The zero-order chi connectivity index (χ0) is 24.0. The Morgan fingerprint density at radius 2 is 1.55 bits per heavy atom. The van der Waals surface area contributed by atoms with Gasteiger partial charge in [0.2, 0.25) is 15.9 Å². The third kappa shape index (κ3) is 4.02. The fraction of sp³-hybridized carbons (Fsp3) is 0.208. The molecule has 172 valence electrons. The second-order valence-electron chi connectivity index (χ2n) is 8.15. The van der Waals surface area contributed by atoms with Crippen LogP contribution in [0.5, 0.6) is 0 Å². The predicted molar refractivity (Wildman–Crippen MR) is 118 cm³/mol. The summed E-state index contributed by atoms with van der Waals surface area (Å²) in [5.41, 5.74) is -1.34. The largest absolute Gasteiger partial charge is 0.416 e. The highest BCUT2D eigenvalue weighted by molar-refractivity contribution is 7.89. The van der Waals surface area contributed by atoms with E-state index in [1.165, 1.54) is 37.3 Å². The van der Waals surface area contributed by atoms with E-state index in [9.17, 15) is 26.4 Å². The van der Waals surface area contributed by atoms with Crippen LogP contribution >= 0.6 is 0 Å². The van der Waals surface area contributed by atoms with E-state index in [2.05, 4.69) is 10.0 Å². The average molecular weight is 475 g/mol. The van der Waals surface area contributed by atoms with Crippen LogP contribution in [0, 0.1) is 6.92 Å². The molecule has 4 rings (SSSR count). The van der Waals surface area contributed by atoms with Gasteiger partial charge in [-0.1, -0.05) is 54.1 Å². The Morgan fingerprint density at radius 3 is 2.21 bits per heavy atom. The van der Waals surface area contributed by atoms with Crippen LogP contribution in [0.15, 0.2) is 77.7 Å². The molecule has 2 atom stereocenters. The fourth-order valence-electron chi connectivity index (χ4n) is 4.15. The van der Waals surface area contributed by atoms with Crippen molar-refractivity contribution in [2.45, 2.75) is 36.4 Å². The normalized spacial score (nSPS) is 19.1. The van der Waals surface area contributed by atoms with E-state index in [0.29, 0.717) is 11.3 Å². The lowest BCUT2D eigenvalue weighted by molar-refractivity contribution is -0.139. The molecule has 1 unspecified atom stereocenters. The molecule has 0 aromatic heterocycles. The monoisotopic (exact) mass is 474 g/mol. The molecule has 0 fully saturated rings. The number of aryl methyl sites for hydroxylation is 1. The quantitative estimate of drug-likeness (QED) is 0.550. The Kier molecular flexibility index (Phi) is 5.58. The number of rotatable bonds is 5. The molecule has 3 aromatic carbocycles. The zero-order valence-corrected chi connectivity index (χ0v) is 18.6. The van der Waals surface area contributed by atoms with E-state index in [4.69, 9.17) is 0 Å². The van der Waals surface area contributed by atoms with Crippen molar-refractivity contribution in [3.63, 3.8) is 0 Å². The maximum Gasteiger partial charge on any atom is 0.416 e. The van der Waals surface area contributed by atoms with Gasteiger partial charge in [0.25, 0.3) is 0 Å². The van der Waals surface area contributed by atoms with Gasteiger partial charge in [-0.3, -0.25) is 4.79 Å². The summed E-state index contributed by atoms with van der Waals surface area (Å²) in [7, 11) is -4.29. The van der Waals surface area contributed by atoms with Crippen LogP contribution in [0.25, 0.3) is 0 Å². The Hall–Kier alpha value is -3.17. The Morgan fingerprint density at radius 1 is 0.939 bits per heavy atom. The number of nitrogens with one attached hydrogen (secondary N) is 2. The van der Waals surface area contributed by atoms with Crippen molar-refractivity contribution in [2.24, 2.45) is 0 Å². The number of anilines is 1. The highest BCUT2D eigenvalue weighted by Crippen LogP contribution is 2.48. The first-order valence-electron chi connectivity index (χ1n) is 10.1. The van der Waals surface area contributed by atoms with E-state index >= 15 is 0 Å². The van der Waals surface area contributed by atoms with Crippen molar-refractivity contribution in [2.75, 3.05) is 5.32 Å². The second-order valence-corrected chi connectivity index (χ2v) is 9.87. The summed E-state index contributed by atoms with van der Waals surface area (Å²) in [6.07, 6.45) is -4.75. The molecule has 0 saturated carbocycles. The van der Waals surface area contributed by atoms with Gasteiger partial charge < -0.3 is 5.32 Å². The van der Waals surface area contributed by atoms with Crippen LogP contribution in [0.4, 0.5) is 18.9 Å². The summed E-state index contributed by atoms with van der Waals surface area (Å²) in [6, 6.07) is 15.6. The molecule has 1 aliphatic heterocycles. The molecule has 9 heteroatoms. The lowest BCUT2D eigenvalue weighted by Gasteiger charge is -2.34. The number of para-hydroxylation sites is 1. The lowest BCUT2D eigenvalue weighted by atomic mass is 9.73. The van der Waals surface area contributed by atoms with Crippen molar-refractivity contribution < 1.29 is 26.4 Å². The molecule has 1 heterocycles. The maximum absolute atomic E-state index is 13.9. The molecule has 0 saturated heterocycles. The summed E-state index contributed by atoms with van der Waals surface area (Å²) in [6.45, 7) is 3.23. The van der Waals surface area contributed by atoms with Crippen LogP contribution in [0.2, 0.25) is 0 Å². The van der Waals surface area contributed by atoms with E-state index < -0.39 is 39.1 Å². The molecule has 5 nitrogen and oxygen atoms in total. The standard InChI is InChI=1S/C24H21F3N2O3S/c1-15-11-13-16(14-12-15)33(31,32)29-21(17-7-3-4-8-18(17)24(25,26)27)23(2)19-9-5-6-10-20(19)28-22(23)30/h3-14,21,29H,1-2H3,(H,28,30)/t21-,23?/m1/s1. The van der Waals surface area contributed by atoms with Crippen LogP contribution in [-0.2, 0) is 26.4 Å². The Balaban J connectivity index is 1.94. The fourth-order valence-corrected chi connectivity index (χ4v) is 5.45. The highest BCUT2D eigenvalue weighted by Gasteiger charge is 2.52. The molecule has 0 bridgehead atoms. The summed E-state index contributed by atoms with van der Waals surface area (Å²) in [5.74, 6) is -0.600. The SMILES string of the molecule is Cc1ccc(S(=O)(=O)N[C@H](c2ccccc2C(F)(F)F)C2(C)C(=O)Nc3ccccc32)cc1. The van der Waals surface area contributed by atoms with Gasteiger partial charge >= 0.3 is 6.18 Å². The van der Waals surface area contributed by atoms with E-state index in [-0.39, 0.29) is 10.5 Å². The van der Waals surface area contributed by atoms with Gasteiger partial charge in [0.05, 0.1) is 21.9 Å². The van der Waals surface area contributed by atoms with Crippen molar-refractivity contribution in [1.29, 1.82) is 0 Å². The summed E-state index contributed by atoms with van der Waals surface area (Å²) < 4.78 is 70.8. The van der Waals surface area contributed by atoms with Crippen LogP contribution in [0.3, 0.4) is 0 Å². The van der Waals surface area contributed by atoms with Gasteiger partial charge in [0, 0.05) is 5.69 Å². The number of amides is 1. The van der Waals surface area contributed by atoms with E-state index in [1.54, 1.807) is 43.3 Å². The van der Waals surface area contributed by atoms with E-state index in [1.807, 2.05) is 0 Å². The first kappa shape index (κ1) is 23.0. The summed E-state index contributed by atoms with van der Waals surface area (Å²) in [5, 5.41) is 2.67. The van der Waals surface area contributed by atoms with Crippen molar-refractivity contribution in [1.82, 2.24) is 4.72 Å². The van der Waals surface area contributed by atoms with Gasteiger partial charge in [-0.05, 0) is 49.2 Å². The minimum atomic E-state index is -4.75. The number of carbonyl (C=O) groups excluding carboxylic acids is 1. The Bertz CT molecular complexity index is 1320. The molecule has 0 spiro atoms. The van der Waals surface area contributed by atoms with Crippen LogP contribution < -0.4 is 10.0 Å².